The molecular formula is C13H27N. The van der Waals surface area contributed by atoms with Crippen molar-refractivity contribution >= 4 is 6.21 Å². The molecule has 0 radical (unpaired) electrons. The minimum absolute atomic E-state index is 1.03. The molecule has 84 valence electrons. The fourth-order valence-electron chi connectivity index (χ4n) is 1.45. The van der Waals surface area contributed by atoms with Crippen LogP contribution in [-0.4, -0.2) is 12.8 Å². The lowest BCUT2D eigenvalue weighted by atomic mass is 10.1. The molecule has 0 saturated carbocycles. The maximum absolute atomic E-state index is 4.37. The van der Waals surface area contributed by atoms with Crippen LogP contribution in [0.1, 0.15) is 71.6 Å². The van der Waals surface area contributed by atoms with E-state index >= 15 is 0 Å². The fraction of sp³-hybridized carbons (Fsp3) is 0.923. The number of hydrogen-bond acceptors (Lipinski definition) is 1. The molecule has 0 bridgehead atoms. The normalized spacial score (nSPS) is 11.3. The quantitative estimate of drug-likeness (QED) is 0.358. The lowest BCUT2D eigenvalue weighted by Crippen LogP contribution is -1.83. The summed E-state index contributed by atoms with van der Waals surface area (Å²) in [6, 6.07) is 0. The molecule has 1 nitrogen and oxygen atoms in total. The molecule has 0 aromatic carbocycles. The molecule has 14 heavy (non-hydrogen) atoms. The van der Waals surface area contributed by atoms with Crippen LogP contribution >= 0.6 is 0 Å². The predicted octanol–water partition coefficient (Wildman–Crippen LogP) is 4.61. The van der Waals surface area contributed by atoms with Gasteiger partial charge in [-0.15, -0.1) is 0 Å². The number of aliphatic imine (C=N–C) groups is 1. The SMILES string of the molecule is CCCCCCCCC=NCCCC. The van der Waals surface area contributed by atoms with Gasteiger partial charge in [0, 0.05) is 6.54 Å². The summed E-state index contributed by atoms with van der Waals surface area (Å²) in [5.74, 6) is 0. The monoisotopic (exact) mass is 197 g/mol. The first-order chi connectivity index (χ1) is 6.91. The summed E-state index contributed by atoms with van der Waals surface area (Å²) in [6.07, 6.45) is 14.1. The molecule has 0 N–H and O–H groups in total. The number of unbranched alkanes of at least 4 members (excludes halogenated alkanes) is 7. The maximum atomic E-state index is 4.37. The Morgan fingerprint density at radius 2 is 1.43 bits per heavy atom. The molecule has 0 rings (SSSR count). The van der Waals surface area contributed by atoms with Gasteiger partial charge in [-0.3, -0.25) is 4.99 Å². The summed E-state index contributed by atoms with van der Waals surface area (Å²) in [5.41, 5.74) is 0. The van der Waals surface area contributed by atoms with E-state index in [0.29, 0.717) is 0 Å². The number of rotatable bonds is 10. The second-order valence-corrected chi connectivity index (χ2v) is 4.00. The zero-order valence-electron chi connectivity index (χ0n) is 10.1. The van der Waals surface area contributed by atoms with Crippen LogP contribution in [0, 0.1) is 0 Å². The fourth-order valence-corrected chi connectivity index (χ4v) is 1.45. The molecule has 0 heterocycles. The van der Waals surface area contributed by atoms with Crippen LogP contribution in [0.4, 0.5) is 0 Å². The van der Waals surface area contributed by atoms with Gasteiger partial charge in [0.2, 0.25) is 0 Å². The van der Waals surface area contributed by atoms with Gasteiger partial charge in [-0.2, -0.15) is 0 Å². The Hall–Kier alpha value is -0.330. The van der Waals surface area contributed by atoms with Gasteiger partial charge in [0.15, 0.2) is 0 Å². The zero-order chi connectivity index (χ0) is 10.5. The van der Waals surface area contributed by atoms with E-state index in [1.165, 1.54) is 57.8 Å². The number of hydrogen-bond donors (Lipinski definition) is 0. The van der Waals surface area contributed by atoms with Gasteiger partial charge < -0.3 is 0 Å². The maximum Gasteiger partial charge on any atom is 0.0385 e. The van der Waals surface area contributed by atoms with Crippen LogP contribution in [0.25, 0.3) is 0 Å². The van der Waals surface area contributed by atoms with Crippen LogP contribution in [0.2, 0.25) is 0 Å². The van der Waals surface area contributed by atoms with E-state index in [1.54, 1.807) is 0 Å². The lowest BCUT2D eigenvalue weighted by molar-refractivity contribution is 0.616. The molecule has 0 saturated heterocycles. The third-order valence-corrected chi connectivity index (χ3v) is 2.46. The average molecular weight is 197 g/mol. The largest absolute Gasteiger partial charge is 0.298 e. The van der Waals surface area contributed by atoms with Crippen LogP contribution < -0.4 is 0 Å². The zero-order valence-corrected chi connectivity index (χ0v) is 10.1. The van der Waals surface area contributed by atoms with Crippen molar-refractivity contribution in [3.63, 3.8) is 0 Å². The Morgan fingerprint density at radius 3 is 2.14 bits per heavy atom. The predicted molar refractivity (Wildman–Crippen MR) is 66.3 cm³/mol. The summed E-state index contributed by atoms with van der Waals surface area (Å²) in [5, 5.41) is 0. The summed E-state index contributed by atoms with van der Waals surface area (Å²) in [4.78, 5) is 4.37. The van der Waals surface area contributed by atoms with E-state index < -0.39 is 0 Å². The highest BCUT2D eigenvalue weighted by Gasteiger charge is 1.88. The van der Waals surface area contributed by atoms with E-state index in [4.69, 9.17) is 0 Å². The molecule has 0 spiro atoms. The third-order valence-electron chi connectivity index (χ3n) is 2.46. The Morgan fingerprint density at radius 1 is 0.786 bits per heavy atom. The molecule has 0 unspecified atom stereocenters. The van der Waals surface area contributed by atoms with Crippen LogP contribution in [0.5, 0.6) is 0 Å². The second kappa shape index (κ2) is 12.7. The standard InChI is InChI=1S/C13H27N/c1-3-5-7-8-9-10-11-13-14-12-6-4-2/h13H,3-12H2,1-2H3. The molecule has 0 aliphatic heterocycles. The van der Waals surface area contributed by atoms with Gasteiger partial charge in [0.1, 0.15) is 0 Å². The Balaban J connectivity index is 2.94. The van der Waals surface area contributed by atoms with Gasteiger partial charge in [0.05, 0.1) is 0 Å². The lowest BCUT2D eigenvalue weighted by Gasteiger charge is -1.97. The molecule has 0 aromatic rings. The molecule has 0 aliphatic carbocycles. The molecule has 1 heteroatoms. The van der Waals surface area contributed by atoms with E-state index in [9.17, 15) is 0 Å². The Bertz CT molecular complexity index is 118. The molecule has 0 aliphatic rings. The highest BCUT2D eigenvalue weighted by molar-refractivity contribution is 5.56. The van der Waals surface area contributed by atoms with Crippen LogP contribution in [0.15, 0.2) is 4.99 Å². The molecule has 0 atom stereocenters. The van der Waals surface area contributed by atoms with Crippen molar-refractivity contribution in [1.29, 1.82) is 0 Å². The highest BCUT2D eigenvalue weighted by atomic mass is 14.7. The van der Waals surface area contributed by atoms with Crippen molar-refractivity contribution in [2.45, 2.75) is 71.6 Å². The van der Waals surface area contributed by atoms with Crippen molar-refractivity contribution in [2.75, 3.05) is 6.54 Å². The van der Waals surface area contributed by atoms with Crippen molar-refractivity contribution in [1.82, 2.24) is 0 Å². The van der Waals surface area contributed by atoms with Gasteiger partial charge in [-0.25, -0.2) is 0 Å². The Labute approximate surface area is 90.0 Å². The second-order valence-electron chi connectivity index (χ2n) is 4.00. The van der Waals surface area contributed by atoms with E-state index in [2.05, 4.69) is 25.1 Å². The average Bonchev–Trinajstić information content (AvgIpc) is 2.21. The summed E-state index contributed by atoms with van der Waals surface area (Å²) in [6.45, 7) is 5.51. The van der Waals surface area contributed by atoms with E-state index in [1.807, 2.05) is 0 Å². The summed E-state index contributed by atoms with van der Waals surface area (Å²) < 4.78 is 0. The first kappa shape index (κ1) is 13.7. The van der Waals surface area contributed by atoms with E-state index in [0.717, 1.165) is 6.54 Å². The highest BCUT2D eigenvalue weighted by Crippen LogP contribution is 2.05. The van der Waals surface area contributed by atoms with Crippen LogP contribution in [0.3, 0.4) is 0 Å². The first-order valence-corrected chi connectivity index (χ1v) is 6.40. The van der Waals surface area contributed by atoms with Crippen molar-refractivity contribution in [3.05, 3.63) is 0 Å². The molecule has 0 amide bonds. The minimum Gasteiger partial charge on any atom is -0.298 e. The summed E-state index contributed by atoms with van der Waals surface area (Å²) in [7, 11) is 0. The molecule has 0 aromatic heterocycles. The van der Waals surface area contributed by atoms with Crippen molar-refractivity contribution in [2.24, 2.45) is 4.99 Å². The number of nitrogens with zero attached hydrogens (tertiary/aromatic N) is 1. The van der Waals surface area contributed by atoms with Gasteiger partial charge in [-0.1, -0.05) is 52.4 Å². The van der Waals surface area contributed by atoms with Gasteiger partial charge in [-0.05, 0) is 25.5 Å². The van der Waals surface area contributed by atoms with Crippen molar-refractivity contribution < 1.29 is 0 Å². The van der Waals surface area contributed by atoms with E-state index in [-0.39, 0.29) is 0 Å². The van der Waals surface area contributed by atoms with Crippen LogP contribution in [-0.2, 0) is 0 Å². The Kier molecular flexibility index (Phi) is 12.4. The van der Waals surface area contributed by atoms with Crippen molar-refractivity contribution in [3.8, 4) is 0 Å². The summed E-state index contributed by atoms with van der Waals surface area (Å²) >= 11 is 0. The smallest absolute Gasteiger partial charge is 0.0385 e. The van der Waals surface area contributed by atoms with Gasteiger partial charge >= 0.3 is 0 Å². The third kappa shape index (κ3) is 11.7. The van der Waals surface area contributed by atoms with Gasteiger partial charge in [0.25, 0.3) is 0 Å². The molecular weight excluding hydrogens is 170 g/mol. The first-order valence-electron chi connectivity index (χ1n) is 6.40. The topological polar surface area (TPSA) is 12.4 Å². The minimum atomic E-state index is 1.03. The molecule has 0 fully saturated rings.